The molecule has 0 aliphatic carbocycles. The summed E-state index contributed by atoms with van der Waals surface area (Å²) in [6.07, 6.45) is 3.41. The molecule has 0 aliphatic heterocycles. The minimum Gasteiger partial charge on any atom is -0.490 e. The number of nitrogens with zero attached hydrogens (tertiary/aromatic N) is 2. The van der Waals surface area contributed by atoms with E-state index in [0.29, 0.717) is 35.8 Å². The van der Waals surface area contributed by atoms with Gasteiger partial charge in [0.25, 0.3) is 11.8 Å². The standard InChI is InChI=1S/C25H22N4O4/c1-2-32-23-14-19(10-12-22(23)33-16-17-6-5-13-26-15-17)24(30)28-29-25(31)21-11-9-18-7-3-4-8-20(18)27-21/h3-15H,2,16H2,1H3,(H,28,30)(H,29,31). The van der Waals surface area contributed by atoms with E-state index in [0.717, 1.165) is 10.9 Å². The lowest BCUT2D eigenvalue weighted by atomic mass is 10.2. The van der Waals surface area contributed by atoms with Gasteiger partial charge in [0.1, 0.15) is 12.3 Å². The number of pyridine rings is 2. The van der Waals surface area contributed by atoms with E-state index in [2.05, 4.69) is 20.8 Å². The third-order valence-corrected chi connectivity index (χ3v) is 4.74. The number of benzene rings is 2. The van der Waals surface area contributed by atoms with Gasteiger partial charge in [-0.05, 0) is 43.3 Å². The zero-order valence-corrected chi connectivity index (χ0v) is 17.9. The third kappa shape index (κ3) is 5.43. The second-order valence-electron chi connectivity index (χ2n) is 7.04. The Balaban J connectivity index is 1.41. The third-order valence-electron chi connectivity index (χ3n) is 4.74. The first kappa shape index (κ1) is 21.8. The van der Waals surface area contributed by atoms with Crippen molar-refractivity contribution in [3.05, 3.63) is 95.9 Å². The molecule has 0 spiro atoms. The molecule has 2 N–H and O–H groups in total. The lowest BCUT2D eigenvalue weighted by Crippen LogP contribution is -2.41. The second-order valence-corrected chi connectivity index (χ2v) is 7.04. The Hall–Kier alpha value is -4.46. The molecule has 0 saturated carbocycles. The summed E-state index contributed by atoms with van der Waals surface area (Å²) in [7, 11) is 0. The highest BCUT2D eigenvalue weighted by Gasteiger charge is 2.14. The van der Waals surface area contributed by atoms with E-state index in [1.54, 1.807) is 42.7 Å². The van der Waals surface area contributed by atoms with Gasteiger partial charge < -0.3 is 9.47 Å². The normalized spacial score (nSPS) is 10.5. The predicted molar refractivity (Wildman–Crippen MR) is 123 cm³/mol. The fourth-order valence-corrected chi connectivity index (χ4v) is 3.12. The zero-order valence-electron chi connectivity index (χ0n) is 17.9. The Labute approximate surface area is 190 Å². The average Bonchev–Trinajstić information content (AvgIpc) is 2.86. The summed E-state index contributed by atoms with van der Waals surface area (Å²) in [4.78, 5) is 33.4. The number of carbonyl (C=O) groups excluding carboxylic acids is 2. The van der Waals surface area contributed by atoms with Gasteiger partial charge in [-0.2, -0.15) is 0 Å². The van der Waals surface area contributed by atoms with E-state index in [1.165, 1.54) is 0 Å². The molecule has 0 fully saturated rings. The van der Waals surface area contributed by atoms with Crippen LogP contribution in [0, 0.1) is 0 Å². The molecule has 4 rings (SSSR count). The first-order valence-corrected chi connectivity index (χ1v) is 10.4. The van der Waals surface area contributed by atoms with Crippen molar-refractivity contribution < 1.29 is 19.1 Å². The lowest BCUT2D eigenvalue weighted by Gasteiger charge is -2.14. The van der Waals surface area contributed by atoms with Gasteiger partial charge in [-0.25, -0.2) is 4.98 Å². The van der Waals surface area contributed by atoms with Crippen LogP contribution in [0.25, 0.3) is 10.9 Å². The van der Waals surface area contributed by atoms with Crippen molar-refractivity contribution in [3.8, 4) is 11.5 Å². The van der Waals surface area contributed by atoms with Crippen molar-refractivity contribution in [3.63, 3.8) is 0 Å². The molecule has 8 nitrogen and oxygen atoms in total. The number of fused-ring (bicyclic) bond motifs is 1. The summed E-state index contributed by atoms with van der Waals surface area (Å²) >= 11 is 0. The van der Waals surface area contributed by atoms with Crippen LogP contribution in [0.3, 0.4) is 0 Å². The number of carbonyl (C=O) groups is 2. The van der Waals surface area contributed by atoms with Crippen LogP contribution in [0.4, 0.5) is 0 Å². The molecule has 0 aliphatic rings. The van der Waals surface area contributed by atoms with Crippen molar-refractivity contribution in [1.29, 1.82) is 0 Å². The molecule has 2 amide bonds. The van der Waals surface area contributed by atoms with Gasteiger partial charge in [0, 0.05) is 28.9 Å². The van der Waals surface area contributed by atoms with Crippen LogP contribution in [0.2, 0.25) is 0 Å². The summed E-state index contributed by atoms with van der Waals surface area (Å²) in [5, 5.41) is 0.923. The van der Waals surface area contributed by atoms with Crippen molar-refractivity contribution >= 4 is 22.7 Å². The molecule has 0 saturated heterocycles. The molecule has 0 unspecified atom stereocenters. The van der Waals surface area contributed by atoms with Gasteiger partial charge in [0.05, 0.1) is 12.1 Å². The van der Waals surface area contributed by atoms with Crippen LogP contribution < -0.4 is 20.3 Å². The van der Waals surface area contributed by atoms with Crippen molar-refractivity contribution in [2.45, 2.75) is 13.5 Å². The molecule has 8 heteroatoms. The maximum absolute atomic E-state index is 12.6. The summed E-state index contributed by atoms with van der Waals surface area (Å²) in [5.41, 5.74) is 6.91. The summed E-state index contributed by atoms with van der Waals surface area (Å²) in [6, 6.07) is 19.4. The van der Waals surface area contributed by atoms with Gasteiger partial charge in [0.15, 0.2) is 11.5 Å². The van der Waals surface area contributed by atoms with Gasteiger partial charge in [-0.1, -0.05) is 30.3 Å². The fourth-order valence-electron chi connectivity index (χ4n) is 3.12. The van der Waals surface area contributed by atoms with Gasteiger partial charge in [-0.15, -0.1) is 0 Å². The molecule has 4 aromatic rings. The minimum atomic E-state index is -0.518. The molecular weight excluding hydrogens is 420 g/mol. The Morgan fingerprint density at radius 2 is 1.73 bits per heavy atom. The largest absolute Gasteiger partial charge is 0.490 e. The number of ether oxygens (including phenoxy) is 2. The number of nitrogens with one attached hydrogen (secondary N) is 2. The van der Waals surface area contributed by atoms with E-state index in [4.69, 9.17) is 9.47 Å². The van der Waals surface area contributed by atoms with Crippen LogP contribution in [0.1, 0.15) is 33.3 Å². The van der Waals surface area contributed by atoms with Crippen LogP contribution in [0.5, 0.6) is 11.5 Å². The molecule has 2 heterocycles. The molecule has 0 radical (unpaired) electrons. The van der Waals surface area contributed by atoms with Crippen LogP contribution in [0.15, 0.2) is 79.1 Å². The average molecular weight is 442 g/mol. The fraction of sp³-hybridized carbons (Fsp3) is 0.120. The predicted octanol–water partition coefficient (Wildman–Crippen LogP) is 3.68. The number of hydrazine groups is 1. The first-order valence-electron chi connectivity index (χ1n) is 10.4. The SMILES string of the molecule is CCOc1cc(C(=O)NNC(=O)c2ccc3ccccc3n2)ccc1OCc1cccnc1. The van der Waals surface area contributed by atoms with Crippen molar-refractivity contribution in [2.75, 3.05) is 6.61 Å². The second kappa shape index (κ2) is 10.2. The van der Waals surface area contributed by atoms with Gasteiger partial charge in [-0.3, -0.25) is 25.4 Å². The Bertz CT molecular complexity index is 1280. The number of para-hydroxylation sites is 1. The molecular formula is C25H22N4O4. The zero-order chi connectivity index (χ0) is 23.0. The maximum atomic E-state index is 12.6. The highest BCUT2D eigenvalue weighted by molar-refractivity contribution is 5.99. The van der Waals surface area contributed by atoms with Crippen molar-refractivity contribution in [2.24, 2.45) is 0 Å². The van der Waals surface area contributed by atoms with E-state index in [1.807, 2.05) is 43.3 Å². The maximum Gasteiger partial charge on any atom is 0.288 e. The van der Waals surface area contributed by atoms with Gasteiger partial charge >= 0.3 is 0 Å². The highest BCUT2D eigenvalue weighted by atomic mass is 16.5. The first-order chi connectivity index (χ1) is 16.1. The summed E-state index contributed by atoms with van der Waals surface area (Å²) in [5.74, 6) is -0.0855. The quantitative estimate of drug-likeness (QED) is 0.423. The Morgan fingerprint density at radius 1 is 0.879 bits per heavy atom. The van der Waals surface area contributed by atoms with E-state index >= 15 is 0 Å². The van der Waals surface area contributed by atoms with Gasteiger partial charge in [0.2, 0.25) is 0 Å². The topological polar surface area (TPSA) is 102 Å². The van der Waals surface area contributed by atoms with Crippen LogP contribution >= 0.6 is 0 Å². The van der Waals surface area contributed by atoms with E-state index in [9.17, 15) is 9.59 Å². The number of amides is 2. The smallest absolute Gasteiger partial charge is 0.288 e. The molecule has 166 valence electrons. The number of aromatic nitrogens is 2. The number of hydrogen-bond acceptors (Lipinski definition) is 6. The van der Waals surface area contributed by atoms with E-state index in [-0.39, 0.29) is 5.69 Å². The lowest BCUT2D eigenvalue weighted by molar-refractivity contribution is 0.0844. The molecule has 2 aromatic heterocycles. The van der Waals surface area contributed by atoms with Crippen molar-refractivity contribution in [1.82, 2.24) is 20.8 Å². The summed E-state index contributed by atoms with van der Waals surface area (Å²) < 4.78 is 11.5. The molecule has 33 heavy (non-hydrogen) atoms. The Kier molecular flexibility index (Phi) is 6.75. The number of hydrogen-bond donors (Lipinski definition) is 2. The monoisotopic (exact) mass is 442 g/mol. The van der Waals surface area contributed by atoms with Crippen LogP contribution in [-0.2, 0) is 6.61 Å². The highest BCUT2D eigenvalue weighted by Crippen LogP contribution is 2.29. The summed E-state index contributed by atoms with van der Waals surface area (Å²) in [6.45, 7) is 2.56. The Morgan fingerprint density at radius 3 is 2.55 bits per heavy atom. The molecule has 2 aromatic carbocycles. The minimum absolute atomic E-state index is 0.197. The number of rotatable bonds is 7. The van der Waals surface area contributed by atoms with Crippen LogP contribution in [-0.4, -0.2) is 28.4 Å². The molecule has 0 atom stereocenters. The van der Waals surface area contributed by atoms with E-state index < -0.39 is 11.8 Å². The molecule has 0 bridgehead atoms.